The highest BCUT2D eigenvalue weighted by Gasteiger charge is 2.44. The Balaban J connectivity index is 0.000000197. The van der Waals surface area contributed by atoms with E-state index in [1.54, 1.807) is 6.08 Å². The molecule has 1 saturated heterocycles. The number of allylic oxidation sites excluding steroid dienone is 4. The molecule has 2 aromatic carbocycles. The standard InChI is InChI=1S/C17H19NO3.C13H17N.C4H2O3/c19-16-15-13(7-4-8-14(15)17(20)21)9-10-18(16)11-12-5-2-1-3-6-12;1-2-3-4-8-11-14-12-13-9-6-5-7-10-13;5-3-1-2-4(6)7-3/h1-7,13-15H,8-11H2,(H,20,21);2-7,9-10,14H,1,8,11-12H2;1-2H/b;4-3+;/t13-,14-,15+;;/m0../s1. The molecule has 1 fully saturated rings. The number of carbonyl (C=O) groups is 4. The van der Waals surface area contributed by atoms with E-state index in [4.69, 9.17) is 0 Å². The average Bonchev–Trinajstić information content (AvgIpc) is 3.39. The monoisotopic (exact) mass is 570 g/mol. The Morgan fingerprint density at radius 2 is 1.64 bits per heavy atom. The summed E-state index contributed by atoms with van der Waals surface area (Å²) in [6.07, 6.45) is 14.4. The molecule has 0 unspecified atom stereocenters. The highest BCUT2D eigenvalue weighted by atomic mass is 16.6. The van der Waals surface area contributed by atoms with Gasteiger partial charge in [-0.3, -0.25) is 9.59 Å². The normalized spacial score (nSPS) is 20.6. The maximum atomic E-state index is 12.7. The fourth-order valence-electron chi connectivity index (χ4n) is 4.95. The third-order valence-corrected chi connectivity index (χ3v) is 7.02. The number of amides is 1. The van der Waals surface area contributed by atoms with Gasteiger partial charge in [0, 0.05) is 31.8 Å². The lowest BCUT2D eigenvalue weighted by Gasteiger charge is -2.40. The largest absolute Gasteiger partial charge is 0.481 e. The molecular weight excluding hydrogens is 532 g/mol. The second kappa shape index (κ2) is 17.3. The number of aliphatic carboxylic acids is 1. The number of carboxylic acids is 1. The molecule has 0 bridgehead atoms. The molecule has 3 aliphatic rings. The van der Waals surface area contributed by atoms with Crippen LogP contribution in [0.5, 0.6) is 0 Å². The second-order valence-electron chi connectivity index (χ2n) is 10.0. The summed E-state index contributed by atoms with van der Waals surface area (Å²) in [7, 11) is 0. The molecule has 220 valence electrons. The molecule has 1 aliphatic carbocycles. The Morgan fingerprint density at radius 1 is 1.00 bits per heavy atom. The van der Waals surface area contributed by atoms with Gasteiger partial charge in [-0.25, -0.2) is 9.59 Å². The van der Waals surface area contributed by atoms with Crippen LogP contribution in [-0.2, 0) is 37.0 Å². The summed E-state index contributed by atoms with van der Waals surface area (Å²) >= 11 is 0. The van der Waals surface area contributed by atoms with Crippen LogP contribution in [-0.4, -0.2) is 46.9 Å². The number of esters is 2. The van der Waals surface area contributed by atoms with Crippen LogP contribution in [0.15, 0.2) is 110 Å². The molecule has 0 spiro atoms. The third-order valence-electron chi connectivity index (χ3n) is 7.02. The van der Waals surface area contributed by atoms with Crippen molar-refractivity contribution >= 4 is 23.8 Å². The Morgan fingerprint density at radius 3 is 2.21 bits per heavy atom. The number of cyclic esters (lactones) is 2. The van der Waals surface area contributed by atoms with E-state index < -0.39 is 29.7 Å². The minimum absolute atomic E-state index is 0.00754. The number of carboxylic acid groups (broad SMARTS) is 1. The number of benzene rings is 2. The molecule has 8 heteroatoms. The number of rotatable bonds is 9. The quantitative estimate of drug-likeness (QED) is 0.146. The lowest BCUT2D eigenvalue weighted by atomic mass is 9.71. The molecule has 2 heterocycles. The Hall–Kier alpha value is -4.56. The van der Waals surface area contributed by atoms with Crippen molar-refractivity contribution in [1.82, 2.24) is 10.2 Å². The average molecular weight is 571 g/mol. The van der Waals surface area contributed by atoms with Crippen molar-refractivity contribution in [2.24, 2.45) is 17.8 Å². The van der Waals surface area contributed by atoms with E-state index in [2.05, 4.69) is 47.0 Å². The van der Waals surface area contributed by atoms with Crippen LogP contribution in [0.2, 0.25) is 0 Å². The van der Waals surface area contributed by atoms with Crippen molar-refractivity contribution < 1.29 is 29.0 Å². The van der Waals surface area contributed by atoms with E-state index in [9.17, 15) is 24.3 Å². The van der Waals surface area contributed by atoms with Gasteiger partial charge in [-0.15, -0.1) is 0 Å². The number of ether oxygens (including phenoxy) is 1. The second-order valence-corrected chi connectivity index (χ2v) is 10.0. The predicted octanol–water partition coefficient (Wildman–Crippen LogP) is 4.85. The van der Waals surface area contributed by atoms with Gasteiger partial charge < -0.3 is 20.1 Å². The first-order chi connectivity index (χ1) is 20.4. The van der Waals surface area contributed by atoms with E-state index >= 15 is 0 Å². The molecule has 0 saturated carbocycles. The van der Waals surface area contributed by atoms with Gasteiger partial charge >= 0.3 is 17.9 Å². The smallest absolute Gasteiger partial charge is 0.338 e. The zero-order valence-electron chi connectivity index (χ0n) is 23.6. The summed E-state index contributed by atoms with van der Waals surface area (Å²) in [5.41, 5.74) is 2.42. The highest BCUT2D eigenvalue weighted by molar-refractivity contribution is 6.04. The summed E-state index contributed by atoms with van der Waals surface area (Å²) in [6, 6.07) is 20.3. The number of hydrogen-bond acceptors (Lipinski definition) is 6. The topological polar surface area (TPSA) is 113 Å². The maximum absolute atomic E-state index is 12.7. The maximum Gasteiger partial charge on any atom is 0.338 e. The van der Waals surface area contributed by atoms with E-state index in [-0.39, 0.29) is 11.8 Å². The number of piperidine rings is 1. The molecule has 42 heavy (non-hydrogen) atoms. The van der Waals surface area contributed by atoms with Gasteiger partial charge in [0.2, 0.25) is 5.91 Å². The van der Waals surface area contributed by atoms with Crippen molar-refractivity contribution in [1.29, 1.82) is 0 Å². The third kappa shape index (κ3) is 10.4. The van der Waals surface area contributed by atoms with Gasteiger partial charge in [0.15, 0.2) is 0 Å². The van der Waals surface area contributed by atoms with Crippen LogP contribution in [0.25, 0.3) is 0 Å². The SMILES string of the molecule is C=C/C=C/CCNCc1ccccc1.O=C(O)[C@H]1CC=C[C@H]2CCN(Cc3ccccc3)C(=O)[C@@H]12.O=C1C=CC(=O)O1. The van der Waals surface area contributed by atoms with Crippen molar-refractivity contribution in [3.8, 4) is 0 Å². The number of likely N-dealkylation sites (tertiary alicyclic amines) is 1. The van der Waals surface area contributed by atoms with Crippen LogP contribution in [0.4, 0.5) is 0 Å². The van der Waals surface area contributed by atoms with Gasteiger partial charge in [0.05, 0.1) is 11.8 Å². The van der Waals surface area contributed by atoms with E-state index in [1.807, 2.05) is 59.5 Å². The lowest BCUT2D eigenvalue weighted by Crippen LogP contribution is -2.49. The Kier molecular flexibility index (Phi) is 13.2. The molecule has 0 aromatic heterocycles. The van der Waals surface area contributed by atoms with Gasteiger partial charge in [0.25, 0.3) is 0 Å². The first-order valence-corrected chi connectivity index (χ1v) is 14.1. The highest BCUT2D eigenvalue weighted by Crippen LogP contribution is 2.37. The first-order valence-electron chi connectivity index (χ1n) is 14.1. The lowest BCUT2D eigenvalue weighted by molar-refractivity contribution is -0.155. The summed E-state index contributed by atoms with van der Waals surface area (Å²) in [6.45, 7) is 6.85. The summed E-state index contributed by atoms with van der Waals surface area (Å²) in [5.74, 6) is -2.92. The van der Waals surface area contributed by atoms with Crippen LogP contribution in [0, 0.1) is 17.8 Å². The van der Waals surface area contributed by atoms with Gasteiger partial charge in [-0.1, -0.05) is 97.6 Å². The number of hydrogen-bond donors (Lipinski definition) is 2. The zero-order chi connectivity index (χ0) is 30.2. The zero-order valence-corrected chi connectivity index (χ0v) is 23.6. The van der Waals surface area contributed by atoms with E-state index in [1.165, 1.54) is 5.56 Å². The number of carbonyl (C=O) groups excluding carboxylic acids is 3. The van der Waals surface area contributed by atoms with Crippen molar-refractivity contribution in [3.63, 3.8) is 0 Å². The Labute approximate surface area is 247 Å². The van der Waals surface area contributed by atoms with Gasteiger partial charge in [-0.05, 0) is 42.9 Å². The summed E-state index contributed by atoms with van der Waals surface area (Å²) in [5, 5.41) is 12.7. The molecule has 8 nitrogen and oxygen atoms in total. The van der Waals surface area contributed by atoms with Gasteiger partial charge in [0.1, 0.15) is 0 Å². The molecule has 1 amide bonds. The summed E-state index contributed by atoms with van der Waals surface area (Å²) < 4.78 is 3.97. The van der Waals surface area contributed by atoms with Crippen LogP contribution < -0.4 is 5.32 Å². The van der Waals surface area contributed by atoms with Crippen LogP contribution in [0.1, 0.15) is 30.4 Å². The van der Waals surface area contributed by atoms with Crippen molar-refractivity contribution in [2.45, 2.75) is 32.4 Å². The van der Waals surface area contributed by atoms with Crippen molar-refractivity contribution in [2.75, 3.05) is 13.1 Å². The number of nitrogens with zero attached hydrogens (tertiary/aromatic N) is 1. The fourth-order valence-corrected chi connectivity index (χ4v) is 4.95. The predicted molar refractivity (Wildman–Crippen MR) is 161 cm³/mol. The molecule has 3 atom stereocenters. The molecule has 5 rings (SSSR count). The van der Waals surface area contributed by atoms with Crippen LogP contribution >= 0.6 is 0 Å². The summed E-state index contributed by atoms with van der Waals surface area (Å²) in [4.78, 5) is 45.8. The van der Waals surface area contributed by atoms with Crippen molar-refractivity contribution in [3.05, 3.63) is 121 Å². The minimum Gasteiger partial charge on any atom is -0.481 e. The van der Waals surface area contributed by atoms with Gasteiger partial charge in [-0.2, -0.15) is 0 Å². The minimum atomic E-state index is -0.857. The molecule has 2 aliphatic heterocycles. The van der Waals surface area contributed by atoms with E-state index in [0.717, 1.165) is 43.6 Å². The number of fused-ring (bicyclic) bond motifs is 1. The first kappa shape index (κ1) is 32.0. The Bertz CT molecular complexity index is 1270. The van der Waals surface area contributed by atoms with E-state index in [0.29, 0.717) is 19.5 Å². The fraction of sp³-hybridized carbons (Fsp3) is 0.294. The molecule has 2 aromatic rings. The molecular formula is C34H38N2O6. The number of nitrogens with one attached hydrogen (secondary N) is 1. The molecule has 2 N–H and O–H groups in total. The molecule has 0 radical (unpaired) electrons. The van der Waals surface area contributed by atoms with Crippen LogP contribution in [0.3, 0.4) is 0 Å².